The zero-order valence-electron chi connectivity index (χ0n) is 12.6. The molecule has 2 rings (SSSR count). The van der Waals surface area contributed by atoms with Gasteiger partial charge in [-0.3, -0.25) is 0 Å². The second kappa shape index (κ2) is 6.15. The van der Waals surface area contributed by atoms with Gasteiger partial charge in [0, 0.05) is 19.0 Å². The molecule has 1 aromatic carbocycles. The zero-order valence-corrected chi connectivity index (χ0v) is 13.4. The molecule has 0 N–H and O–H groups in total. The SMILES string of the molecule is COc1cc(C)c(S(=O)(=O)N2CCCC(C=O)C2)c(C)c1. The van der Waals surface area contributed by atoms with E-state index in [0.717, 1.165) is 19.1 Å². The van der Waals surface area contributed by atoms with Crippen LogP contribution in [-0.4, -0.2) is 39.2 Å². The van der Waals surface area contributed by atoms with Crippen molar-refractivity contribution in [1.82, 2.24) is 4.31 Å². The number of ether oxygens (including phenoxy) is 1. The van der Waals surface area contributed by atoms with Crippen LogP contribution >= 0.6 is 0 Å². The van der Waals surface area contributed by atoms with Crippen molar-refractivity contribution >= 4 is 16.3 Å². The molecule has 1 aromatic rings. The van der Waals surface area contributed by atoms with Gasteiger partial charge in [0.05, 0.1) is 12.0 Å². The Kier molecular flexibility index (Phi) is 4.68. The van der Waals surface area contributed by atoms with Gasteiger partial charge in [0.1, 0.15) is 12.0 Å². The van der Waals surface area contributed by atoms with Gasteiger partial charge in [-0.1, -0.05) is 0 Å². The van der Waals surface area contributed by atoms with Gasteiger partial charge in [-0.2, -0.15) is 4.31 Å². The van der Waals surface area contributed by atoms with Crippen LogP contribution in [0.3, 0.4) is 0 Å². The van der Waals surface area contributed by atoms with Crippen LogP contribution in [0.2, 0.25) is 0 Å². The minimum absolute atomic E-state index is 0.201. The van der Waals surface area contributed by atoms with Crippen LogP contribution in [0.5, 0.6) is 5.75 Å². The van der Waals surface area contributed by atoms with E-state index in [9.17, 15) is 13.2 Å². The van der Waals surface area contributed by atoms with Gasteiger partial charge in [-0.05, 0) is 49.9 Å². The Hall–Kier alpha value is -1.40. The molecule has 21 heavy (non-hydrogen) atoms. The van der Waals surface area contributed by atoms with E-state index in [-0.39, 0.29) is 12.5 Å². The molecule has 5 nitrogen and oxygen atoms in total. The lowest BCUT2D eigenvalue weighted by atomic mass is 10.0. The van der Waals surface area contributed by atoms with Crippen LogP contribution in [-0.2, 0) is 14.8 Å². The van der Waals surface area contributed by atoms with Crippen LogP contribution in [0.1, 0.15) is 24.0 Å². The fourth-order valence-electron chi connectivity index (χ4n) is 2.87. The third-order valence-electron chi connectivity index (χ3n) is 3.88. The monoisotopic (exact) mass is 311 g/mol. The summed E-state index contributed by atoms with van der Waals surface area (Å²) in [5, 5.41) is 0. The molecule has 1 heterocycles. The molecule has 1 fully saturated rings. The fraction of sp³-hybridized carbons (Fsp3) is 0.533. The quantitative estimate of drug-likeness (QED) is 0.797. The summed E-state index contributed by atoms with van der Waals surface area (Å²) < 4.78 is 32.3. The molecule has 1 saturated heterocycles. The summed E-state index contributed by atoms with van der Waals surface area (Å²) >= 11 is 0. The first-order valence-electron chi connectivity index (χ1n) is 7.01. The standard InChI is InChI=1S/C15H21NO4S/c1-11-7-14(20-3)8-12(2)15(11)21(18,19)16-6-4-5-13(9-16)10-17/h7-8,10,13H,4-6,9H2,1-3H3. The first kappa shape index (κ1) is 16.0. The molecule has 1 atom stereocenters. The van der Waals surface area contributed by atoms with Crippen molar-refractivity contribution in [2.24, 2.45) is 5.92 Å². The van der Waals surface area contributed by atoms with E-state index in [0.29, 0.717) is 28.3 Å². The topological polar surface area (TPSA) is 63.7 Å². The van der Waals surface area contributed by atoms with E-state index >= 15 is 0 Å². The van der Waals surface area contributed by atoms with Gasteiger partial charge >= 0.3 is 0 Å². The molecular weight excluding hydrogens is 290 g/mol. The van der Waals surface area contributed by atoms with Gasteiger partial charge in [0.2, 0.25) is 10.0 Å². The number of piperidine rings is 1. The number of carbonyl (C=O) groups excluding carboxylic acids is 1. The van der Waals surface area contributed by atoms with Gasteiger partial charge in [-0.25, -0.2) is 8.42 Å². The third-order valence-corrected chi connectivity index (χ3v) is 6.05. The number of nitrogens with zero attached hydrogens (tertiary/aromatic N) is 1. The second-order valence-corrected chi connectivity index (χ2v) is 7.37. The maximum absolute atomic E-state index is 12.9. The summed E-state index contributed by atoms with van der Waals surface area (Å²) in [4.78, 5) is 11.3. The highest BCUT2D eigenvalue weighted by molar-refractivity contribution is 7.89. The molecule has 0 amide bonds. The largest absolute Gasteiger partial charge is 0.497 e. The van der Waals surface area contributed by atoms with E-state index in [4.69, 9.17) is 4.74 Å². The van der Waals surface area contributed by atoms with Gasteiger partial charge in [0.25, 0.3) is 0 Å². The number of rotatable bonds is 4. The fourth-order valence-corrected chi connectivity index (χ4v) is 4.81. The number of aryl methyl sites for hydroxylation is 2. The van der Waals surface area contributed by atoms with Crippen LogP contribution < -0.4 is 4.74 Å². The highest BCUT2D eigenvalue weighted by Crippen LogP contribution is 2.30. The number of hydrogen-bond donors (Lipinski definition) is 0. The van der Waals surface area contributed by atoms with E-state index < -0.39 is 10.0 Å². The van der Waals surface area contributed by atoms with E-state index in [1.54, 1.807) is 33.1 Å². The van der Waals surface area contributed by atoms with Crippen molar-refractivity contribution in [3.63, 3.8) is 0 Å². The van der Waals surface area contributed by atoms with Gasteiger partial charge < -0.3 is 9.53 Å². The minimum atomic E-state index is -3.57. The van der Waals surface area contributed by atoms with Crippen molar-refractivity contribution in [2.75, 3.05) is 20.2 Å². The number of carbonyl (C=O) groups is 1. The van der Waals surface area contributed by atoms with Crippen molar-refractivity contribution in [3.05, 3.63) is 23.3 Å². The van der Waals surface area contributed by atoms with Gasteiger partial charge in [0.15, 0.2) is 0 Å². The van der Waals surface area contributed by atoms with Crippen molar-refractivity contribution in [3.8, 4) is 5.75 Å². The zero-order chi connectivity index (χ0) is 15.6. The summed E-state index contributed by atoms with van der Waals surface area (Å²) in [6, 6.07) is 3.45. The Morgan fingerprint density at radius 3 is 2.43 bits per heavy atom. The highest BCUT2D eigenvalue weighted by Gasteiger charge is 2.32. The molecule has 1 unspecified atom stereocenters. The molecule has 0 spiro atoms. The lowest BCUT2D eigenvalue weighted by Gasteiger charge is -2.30. The first-order chi connectivity index (χ1) is 9.90. The molecule has 1 aliphatic rings. The van der Waals surface area contributed by atoms with Crippen LogP contribution in [0, 0.1) is 19.8 Å². The lowest BCUT2D eigenvalue weighted by molar-refractivity contribution is -0.112. The Morgan fingerprint density at radius 2 is 1.90 bits per heavy atom. The van der Waals surface area contributed by atoms with E-state index in [1.807, 2.05) is 0 Å². The van der Waals surface area contributed by atoms with Crippen molar-refractivity contribution < 1.29 is 17.9 Å². The van der Waals surface area contributed by atoms with E-state index in [1.165, 1.54) is 4.31 Å². The van der Waals surface area contributed by atoms with Crippen LogP contribution in [0.15, 0.2) is 17.0 Å². The van der Waals surface area contributed by atoms with Crippen molar-refractivity contribution in [1.29, 1.82) is 0 Å². The number of aldehydes is 1. The molecular formula is C15H21NO4S. The Balaban J connectivity index is 2.42. The number of hydrogen-bond acceptors (Lipinski definition) is 4. The number of benzene rings is 1. The summed E-state index contributed by atoms with van der Waals surface area (Å²) in [5.74, 6) is 0.445. The lowest BCUT2D eigenvalue weighted by Crippen LogP contribution is -2.40. The molecule has 0 radical (unpaired) electrons. The average molecular weight is 311 g/mol. The molecule has 0 aliphatic carbocycles. The third kappa shape index (κ3) is 3.11. The minimum Gasteiger partial charge on any atom is -0.497 e. The molecule has 116 valence electrons. The normalized spacial score (nSPS) is 20.2. The molecule has 0 aromatic heterocycles. The highest BCUT2D eigenvalue weighted by atomic mass is 32.2. The maximum Gasteiger partial charge on any atom is 0.243 e. The Bertz CT molecular complexity index is 616. The molecule has 0 saturated carbocycles. The molecule has 6 heteroatoms. The van der Waals surface area contributed by atoms with Gasteiger partial charge in [-0.15, -0.1) is 0 Å². The summed E-state index contributed by atoms with van der Waals surface area (Å²) in [7, 11) is -2.02. The summed E-state index contributed by atoms with van der Waals surface area (Å²) in [6.45, 7) is 4.28. The maximum atomic E-state index is 12.9. The van der Waals surface area contributed by atoms with Crippen LogP contribution in [0.25, 0.3) is 0 Å². The number of sulfonamides is 1. The number of methoxy groups -OCH3 is 1. The van der Waals surface area contributed by atoms with Crippen molar-refractivity contribution in [2.45, 2.75) is 31.6 Å². The Morgan fingerprint density at radius 1 is 1.29 bits per heavy atom. The second-order valence-electron chi connectivity index (χ2n) is 5.49. The smallest absolute Gasteiger partial charge is 0.243 e. The Labute approximate surface area is 126 Å². The van der Waals surface area contributed by atoms with E-state index in [2.05, 4.69) is 0 Å². The van der Waals surface area contributed by atoms with Crippen LogP contribution in [0.4, 0.5) is 0 Å². The summed E-state index contributed by atoms with van der Waals surface area (Å²) in [5.41, 5.74) is 1.33. The average Bonchev–Trinajstić information content (AvgIpc) is 2.46. The molecule has 1 aliphatic heterocycles. The molecule has 0 bridgehead atoms. The summed E-state index contributed by atoms with van der Waals surface area (Å²) in [6.07, 6.45) is 2.34. The predicted molar refractivity (Wildman–Crippen MR) is 80.0 cm³/mol. The first-order valence-corrected chi connectivity index (χ1v) is 8.45. The predicted octanol–water partition coefficient (Wildman–Crippen LogP) is 1.91.